The van der Waals surface area contributed by atoms with Crippen molar-refractivity contribution in [2.24, 2.45) is 0 Å². The minimum Gasteiger partial charge on any atom is -0.296 e. The summed E-state index contributed by atoms with van der Waals surface area (Å²) in [6.07, 6.45) is 5.95. The molecule has 0 bridgehead atoms. The van der Waals surface area contributed by atoms with Gasteiger partial charge in [-0.2, -0.15) is 4.57 Å². The molecule has 1 aromatic carbocycles. The van der Waals surface area contributed by atoms with Crippen molar-refractivity contribution in [2.45, 2.75) is 6.54 Å². The smallest absolute Gasteiger partial charge is 0.296 e. The lowest BCUT2D eigenvalue weighted by atomic mass is 10.3. The predicted molar refractivity (Wildman–Crippen MR) is 87.1 cm³/mol. The van der Waals surface area contributed by atoms with Crippen LogP contribution in [0.15, 0.2) is 78.4 Å². The molecule has 0 saturated carbocycles. The maximum Gasteiger partial charge on any atom is 0.421 e. The fraction of sp³-hybridized carbons (Fsp3) is 0.0556. The Morgan fingerprint density at radius 1 is 1.04 bits per heavy atom. The number of imidazole rings is 1. The van der Waals surface area contributed by atoms with Gasteiger partial charge < -0.3 is 0 Å². The van der Waals surface area contributed by atoms with Gasteiger partial charge in [-0.1, -0.05) is 36.9 Å². The highest BCUT2D eigenvalue weighted by molar-refractivity contribution is 5.77. The fourth-order valence-electron chi connectivity index (χ4n) is 2.59. The van der Waals surface area contributed by atoms with Gasteiger partial charge >= 0.3 is 11.5 Å². The van der Waals surface area contributed by atoms with Crippen molar-refractivity contribution in [2.75, 3.05) is 0 Å². The lowest BCUT2D eigenvalue weighted by molar-refractivity contribution is -0.601. The molecule has 0 amide bonds. The van der Waals surface area contributed by atoms with E-state index in [1.54, 1.807) is 35.2 Å². The SMILES string of the molecule is C=CCn1c(-[n+]2ccccc2)c(C=O)n(-c2ccccc2)c1=O. The third-order valence-corrected chi connectivity index (χ3v) is 3.55. The first-order valence-electron chi connectivity index (χ1n) is 7.21. The second kappa shape index (κ2) is 6.27. The molecule has 0 aliphatic carbocycles. The Kier molecular flexibility index (Phi) is 4.01. The van der Waals surface area contributed by atoms with E-state index < -0.39 is 0 Å². The van der Waals surface area contributed by atoms with Gasteiger partial charge in [0.25, 0.3) is 0 Å². The Hall–Kier alpha value is -3.21. The summed E-state index contributed by atoms with van der Waals surface area (Å²) in [6, 6.07) is 14.7. The summed E-state index contributed by atoms with van der Waals surface area (Å²) >= 11 is 0. The number of aldehydes is 1. The van der Waals surface area contributed by atoms with E-state index in [4.69, 9.17) is 0 Å². The van der Waals surface area contributed by atoms with Gasteiger partial charge in [0.2, 0.25) is 0 Å². The Morgan fingerprint density at radius 3 is 2.30 bits per heavy atom. The standard InChI is InChI=1S/C18H16N3O2/c1-2-11-20-17(19-12-7-4-8-13-19)16(14-22)21(18(20)23)15-9-5-3-6-10-15/h2-10,12-14H,1,11H2/q+1. The van der Waals surface area contributed by atoms with Crippen LogP contribution in [0.1, 0.15) is 10.5 Å². The summed E-state index contributed by atoms with van der Waals surface area (Å²) < 4.78 is 4.71. The van der Waals surface area contributed by atoms with Crippen LogP contribution in [0.5, 0.6) is 0 Å². The number of hydrogen-bond acceptors (Lipinski definition) is 2. The molecule has 23 heavy (non-hydrogen) atoms. The maximum absolute atomic E-state index is 12.8. The molecule has 0 aliphatic heterocycles. The molecule has 0 aliphatic rings. The van der Waals surface area contributed by atoms with Crippen LogP contribution in [0.2, 0.25) is 0 Å². The number of nitrogens with zero attached hydrogens (tertiary/aromatic N) is 3. The molecule has 0 radical (unpaired) electrons. The summed E-state index contributed by atoms with van der Waals surface area (Å²) in [5.41, 5.74) is 0.684. The maximum atomic E-state index is 12.8. The van der Waals surface area contributed by atoms with Crippen molar-refractivity contribution in [3.05, 3.63) is 89.8 Å². The number of benzene rings is 1. The number of pyridine rings is 1. The van der Waals surface area contributed by atoms with E-state index in [0.29, 0.717) is 30.0 Å². The van der Waals surface area contributed by atoms with Crippen molar-refractivity contribution in [1.29, 1.82) is 0 Å². The van der Waals surface area contributed by atoms with Crippen LogP contribution in [-0.2, 0) is 6.54 Å². The number of para-hydroxylation sites is 1. The summed E-state index contributed by atoms with van der Waals surface area (Å²) in [6.45, 7) is 4.02. The number of hydrogen-bond donors (Lipinski definition) is 0. The number of allylic oxidation sites excluding steroid dienone is 1. The third kappa shape index (κ3) is 2.53. The van der Waals surface area contributed by atoms with Crippen LogP contribution in [0.4, 0.5) is 0 Å². The highest BCUT2D eigenvalue weighted by Crippen LogP contribution is 2.13. The van der Waals surface area contributed by atoms with Crippen molar-refractivity contribution in [3.8, 4) is 11.5 Å². The van der Waals surface area contributed by atoms with Crippen LogP contribution < -0.4 is 10.3 Å². The van der Waals surface area contributed by atoms with Crippen molar-refractivity contribution in [1.82, 2.24) is 9.13 Å². The van der Waals surface area contributed by atoms with E-state index in [1.807, 2.05) is 36.4 Å². The van der Waals surface area contributed by atoms with Crippen LogP contribution in [-0.4, -0.2) is 15.4 Å². The lowest BCUT2D eigenvalue weighted by Crippen LogP contribution is -2.35. The summed E-state index contributed by atoms with van der Waals surface area (Å²) in [5, 5.41) is 0. The largest absolute Gasteiger partial charge is 0.421 e. The average Bonchev–Trinajstić information content (AvgIpc) is 2.89. The van der Waals surface area contributed by atoms with Gasteiger partial charge in [-0.15, -0.1) is 0 Å². The number of rotatable bonds is 5. The first kappa shape index (κ1) is 14.7. The minimum atomic E-state index is -0.274. The molecule has 0 fully saturated rings. The number of aromatic nitrogens is 3. The predicted octanol–water partition coefficient (Wildman–Crippen LogP) is 1.91. The zero-order valence-corrected chi connectivity index (χ0v) is 12.5. The van der Waals surface area contributed by atoms with E-state index in [1.165, 1.54) is 9.13 Å². The van der Waals surface area contributed by atoms with E-state index in [9.17, 15) is 9.59 Å². The molecular formula is C18H16N3O2+. The second-order valence-corrected chi connectivity index (χ2v) is 4.96. The Labute approximate surface area is 133 Å². The highest BCUT2D eigenvalue weighted by atomic mass is 16.2. The molecule has 0 unspecified atom stereocenters. The van der Waals surface area contributed by atoms with E-state index in [-0.39, 0.29) is 5.69 Å². The molecule has 5 heteroatoms. The Balaban J connectivity index is 2.37. The molecule has 3 aromatic rings. The molecular weight excluding hydrogens is 290 g/mol. The first-order valence-corrected chi connectivity index (χ1v) is 7.21. The van der Waals surface area contributed by atoms with Crippen molar-refractivity contribution in [3.63, 3.8) is 0 Å². The number of carbonyl (C=O) groups excluding carboxylic acids is 1. The summed E-state index contributed by atoms with van der Waals surface area (Å²) in [7, 11) is 0. The molecule has 2 aromatic heterocycles. The normalized spacial score (nSPS) is 10.4. The average molecular weight is 306 g/mol. The molecule has 0 spiro atoms. The van der Waals surface area contributed by atoms with E-state index >= 15 is 0 Å². The molecule has 114 valence electrons. The monoisotopic (exact) mass is 306 g/mol. The quantitative estimate of drug-likeness (QED) is 0.411. The van der Waals surface area contributed by atoms with Crippen LogP contribution in [0, 0.1) is 0 Å². The van der Waals surface area contributed by atoms with Crippen LogP contribution in [0.3, 0.4) is 0 Å². The van der Waals surface area contributed by atoms with Gasteiger partial charge in [-0.05, 0) is 24.3 Å². The van der Waals surface area contributed by atoms with Crippen LogP contribution >= 0.6 is 0 Å². The molecule has 0 atom stereocenters. The van der Waals surface area contributed by atoms with Crippen LogP contribution in [0.25, 0.3) is 11.5 Å². The highest BCUT2D eigenvalue weighted by Gasteiger charge is 2.28. The van der Waals surface area contributed by atoms with Crippen molar-refractivity contribution < 1.29 is 9.36 Å². The zero-order chi connectivity index (χ0) is 16.2. The van der Waals surface area contributed by atoms with Gasteiger partial charge in [-0.25, -0.2) is 13.9 Å². The first-order chi connectivity index (χ1) is 11.3. The van der Waals surface area contributed by atoms with Gasteiger partial charge in [0.05, 0.1) is 18.1 Å². The Bertz CT molecular complexity index is 893. The molecule has 0 N–H and O–H groups in total. The summed E-state index contributed by atoms with van der Waals surface area (Å²) in [5.74, 6) is 0.523. The van der Waals surface area contributed by atoms with E-state index in [2.05, 4.69) is 6.58 Å². The summed E-state index contributed by atoms with van der Waals surface area (Å²) in [4.78, 5) is 24.6. The molecule has 5 nitrogen and oxygen atoms in total. The van der Waals surface area contributed by atoms with Gasteiger partial charge in [0, 0.05) is 0 Å². The topological polar surface area (TPSA) is 47.9 Å². The fourth-order valence-corrected chi connectivity index (χ4v) is 2.59. The Morgan fingerprint density at radius 2 is 1.70 bits per heavy atom. The van der Waals surface area contributed by atoms with Gasteiger partial charge in [-0.3, -0.25) is 4.79 Å². The van der Waals surface area contributed by atoms with Gasteiger partial charge in [0.1, 0.15) is 6.54 Å². The van der Waals surface area contributed by atoms with E-state index in [0.717, 1.165) is 0 Å². The van der Waals surface area contributed by atoms with Gasteiger partial charge in [0.15, 0.2) is 12.0 Å². The molecule has 3 rings (SSSR count). The van der Waals surface area contributed by atoms with Crippen molar-refractivity contribution >= 4 is 6.29 Å². The second-order valence-electron chi connectivity index (χ2n) is 4.96. The molecule has 0 saturated heterocycles. The molecule has 2 heterocycles. The lowest BCUT2D eigenvalue weighted by Gasteiger charge is -2.01. The zero-order valence-electron chi connectivity index (χ0n) is 12.5. The number of carbonyl (C=O) groups is 1. The third-order valence-electron chi connectivity index (χ3n) is 3.55. The minimum absolute atomic E-state index is 0.274.